The van der Waals surface area contributed by atoms with E-state index in [1.807, 2.05) is 0 Å². The topological polar surface area (TPSA) is 126 Å². The minimum Gasteiger partial charge on any atom is -0.497 e. The summed E-state index contributed by atoms with van der Waals surface area (Å²) in [4.78, 5) is 21.8. The monoisotopic (exact) mass is 420 g/mol. The molecule has 3 rings (SSSR count). The number of nitrogens with one attached hydrogen (secondary N) is 2. The molecule has 4 N–H and O–H groups in total. The minimum absolute atomic E-state index is 0.0274. The third kappa shape index (κ3) is 5.11. The summed E-state index contributed by atoms with van der Waals surface area (Å²) in [6, 6.07) is 5.21. The van der Waals surface area contributed by atoms with Crippen LogP contribution in [0, 0.1) is 17.3 Å². The maximum absolute atomic E-state index is 11.8. The first-order valence-electron chi connectivity index (χ1n) is 9.57. The summed E-state index contributed by atoms with van der Waals surface area (Å²) in [7, 11) is 3.11. The van der Waals surface area contributed by atoms with Gasteiger partial charge in [-0.15, -0.1) is 0 Å². The summed E-state index contributed by atoms with van der Waals surface area (Å²) < 4.78 is 10.5. The number of hydrogen-bond acceptors (Lipinski definition) is 8. The second-order valence-corrected chi connectivity index (χ2v) is 6.83. The molecular formula is C22H24N6O3. The third-order valence-corrected chi connectivity index (χ3v) is 4.83. The zero-order chi connectivity index (χ0) is 22.4. The van der Waals surface area contributed by atoms with Crippen molar-refractivity contribution in [1.29, 1.82) is 5.41 Å². The van der Waals surface area contributed by atoms with E-state index in [4.69, 9.17) is 20.6 Å². The van der Waals surface area contributed by atoms with Gasteiger partial charge < -0.3 is 25.4 Å². The number of nitrogens with two attached hydrogens (primary N) is 1. The van der Waals surface area contributed by atoms with Gasteiger partial charge in [0.2, 0.25) is 5.91 Å². The number of ether oxygens (including phenoxy) is 2. The Morgan fingerprint density at radius 1 is 1.32 bits per heavy atom. The second kappa shape index (κ2) is 9.63. The molecule has 1 aliphatic rings. The Morgan fingerprint density at radius 2 is 2.03 bits per heavy atom. The summed E-state index contributed by atoms with van der Waals surface area (Å²) in [6.45, 7) is 4.65. The van der Waals surface area contributed by atoms with Crippen molar-refractivity contribution < 1.29 is 14.3 Å². The van der Waals surface area contributed by atoms with Crippen LogP contribution in [0.5, 0.6) is 11.5 Å². The molecule has 1 aromatic carbocycles. The first-order valence-corrected chi connectivity index (χ1v) is 9.57. The average molecular weight is 420 g/mol. The molecule has 160 valence electrons. The summed E-state index contributed by atoms with van der Waals surface area (Å²) in [5.41, 5.74) is 6.95. The molecule has 1 atom stereocenters. The van der Waals surface area contributed by atoms with Gasteiger partial charge in [0.1, 0.15) is 35.2 Å². The normalized spacial score (nSPS) is 14.9. The Labute approximate surface area is 180 Å². The number of hydrogen-bond donors (Lipinski definition) is 3. The fraction of sp³-hybridized carbons (Fsp3) is 0.273. The molecule has 2 aromatic rings. The standard InChI is InChI=1S/C22H24N6O3/c1-4-19(29)28-8-7-15(12-28)27-22-20(21(24)25-13-26-22)18(23)6-5-14-9-16(30-2)11-17(10-14)31-3/h4,9-11,13,15,23H,1,7-8,12H2,2-3H3,(H3,24,25,26,27)/t15-/m0/s1. The predicted molar refractivity (Wildman–Crippen MR) is 119 cm³/mol. The number of aromatic nitrogens is 2. The van der Waals surface area contributed by atoms with Gasteiger partial charge in [-0.3, -0.25) is 10.2 Å². The van der Waals surface area contributed by atoms with Crippen LogP contribution in [0.1, 0.15) is 17.5 Å². The Hall–Kier alpha value is -4.06. The van der Waals surface area contributed by atoms with Crippen molar-refractivity contribution in [2.75, 3.05) is 38.4 Å². The van der Waals surface area contributed by atoms with Gasteiger partial charge >= 0.3 is 0 Å². The Bertz CT molecular complexity index is 1050. The Balaban J connectivity index is 1.83. The van der Waals surface area contributed by atoms with Crippen LogP contribution in [-0.4, -0.2) is 59.8 Å². The van der Waals surface area contributed by atoms with Gasteiger partial charge in [0.25, 0.3) is 0 Å². The lowest BCUT2D eigenvalue weighted by molar-refractivity contribution is -0.125. The van der Waals surface area contributed by atoms with E-state index >= 15 is 0 Å². The number of nitrogen functional groups attached to an aromatic ring is 1. The third-order valence-electron chi connectivity index (χ3n) is 4.83. The number of methoxy groups -OCH3 is 2. The maximum atomic E-state index is 11.8. The summed E-state index contributed by atoms with van der Waals surface area (Å²) in [5, 5.41) is 11.7. The predicted octanol–water partition coefficient (Wildman–Crippen LogP) is 1.69. The zero-order valence-electron chi connectivity index (χ0n) is 17.4. The van der Waals surface area contributed by atoms with Crippen LogP contribution < -0.4 is 20.5 Å². The van der Waals surface area contributed by atoms with E-state index in [1.54, 1.807) is 37.3 Å². The molecule has 1 amide bonds. The minimum atomic E-state index is -0.112. The van der Waals surface area contributed by atoms with Crippen molar-refractivity contribution >= 4 is 23.3 Å². The summed E-state index contributed by atoms with van der Waals surface area (Å²) in [6.07, 6.45) is 3.37. The Morgan fingerprint density at radius 3 is 2.68 bits per heavy atom. The first-order chi connectivity index (χ1) is 14.9. The van der Waals surface area contributed by atoms with Gasteiger partial charge in [-0.25, -0.2) is 9.97 Å². The quantitative estimate of drug-likeness (QED) is 0.369. The zero-order valence-corrected chi connectivity index (χ0v) is 17.4. The number of rotatable bonds is 6. The molecule has 0 saturated carbocycles. The fourth-order valence-corrected chi connectivity index (χ4v) is 3.23. The number of carbonyl (C=O) groups is 1. The molecule has 9 heteroatoms. The summed E-state index contributed by atoms with van der Waals surface area (Å²) in [5.74, 6) is 7.38. The molecule has 9 nitrogen and oxygen atoms in total. The van der Waals surface area contributed by atoms with Crippen molar-refractivity contribution in [3.05, 3.63) is 48.3 Å². The van der Waals surface area contributed by atoms with Crippen molar-refractivity contribution in [2.24, 2.45) is 0 Å². The highest BCUT2D eigenvalue weighted by atomic mass is 16.5. The number of carbonyl (C=O) groups excluding carboxylic acids is 1. The molecule has 0 radical (unpaired) electrons. The van der Waals surface area contributed by atoms with E-state index in [-0.39, 0.29) is 23.5 Å². The summed E-state index contributed by atoms with van der Waals surface area (Å²) >= 11 is 0. The number of likely N-dealkylation sites (tertiary alicyclic amines) is 1. The van der Waals surface area contributed by atoms with Gasteiger partial charge in [-0.2, -0.15) is 0 Å². The maximum Gasteiger partial charge on any atom is 0.246 e. The van der Waals surface area contributed by atoms with E-state index < -0.39 is 0 Å². The molecule has 0 bridgehead atoms. The number of nitrogens with zero attached hydrogens (tertiary/aromatic N) is 3. The van der Waals surface area contributed by atoms with Crippen LogP contribution in [0.15, 0.2) is 37.2 Å². The highest BCUT2D eigenvalue weighted by molar-refractivity contribution is 6.16. The van der Waals surface area contributed by atoms with Gasteiger partial charge in [-0.1, -0.05) is 12.5 Å². The highest BCUT2D eigenvalue weighted by Gasteiger charge is 2.26. The molecule has 1 aliphatic heterocycles. The molecule has 1 saturated heterocycles. The lowest BCUT2D eigenvalue weighted by Gasteiger charge is -2.17. The van der Waals surface area contributed by atoms with Gasteiger partial charge in [0, 0.05) is 30.8 Å². The SMILES string of the molecule is C=CC(=O)N1CC[C@H](Nc2ncnc(N)c2C(=N)C#Cc2cc(OC)cc(OC)c2)C1. The van der Waals surface area contributed by atoms with Gasteiger partial charge in [0.15, 0.2) is 0 Å². The Kier molecular flexibility index (Phi) is 6.72. The van der Waals surface area contributed by atoms with Gasteiger partial charge in [0.05, 0.1) is 19.8 Å². The molecule has 31 heavy (non-hydrogen) atoms. The highest BCUT2D eigenvalue weighted by Crippen LogP contribution is 2.23. The fourth-order valence-electron chi connectivity index (χ4n) is 3.23. The number of anilines is 2. The van der Waals surface area contributed by atoms with Crippen LogP contribution in [0.4, 0.5) is 11.6 Å². The molecule has 1 aromatic heterocycles. The molecular weight excluding hydrogens is 396 g/mol. The van der Waals surface area contributed by atoms with Crippen molar-refractivity contribution in [3.8, 4) is 23.3 Å². The molecule has 0 unspecified atom stereocenters. The largest absolute Gasteiger partial charge is 0.497 e. The van der Waals surface area contributed by atoms with E-state index in [9.17, 15) is 4.79 Å². The van der Waals surface area contributed by atoms with Crippen LogP contribution in [-0.2, 0) is 4.79 Å². The molecule has 0 aliphatic carbocycles. The van der Waals surface area contributed by atoms with Gasteiger partial charge in [-0.05, 0) is 30.6 Å². The van der Waals surface area contributed by atoms with Crippen molar-refractivity contribution in [2.45, 2.75) is 12.5 Å². The van der Waals surface area contributed by atoms with Crippen LogP contribution in [0.3, 0.4) is 0 Å². The average Bonchev–Trinajstić information content (AvgIpc) is 3.25. The first kappa shape index (κ1) is 21.6. The van der Waals surface area contributed by atoms with Crippen LogP contribution >= 0.6 is 0 Å². The van der Waals surface area contributed by atoms with Crippen molar-refractivity contribution in [1.82, 2.24) is 14.9 Å². The molecule has 0 spiro atoms. The molecule has 2 heterocycles. The second-order valence-electron chi connectivity index (χ2n) is 6.83. The van der Waals surface area contributed by atoms with E-state index in [2.05, 4.69) is 33.7 Å². The van der Waals surface area contributed by atoms with Crippen LogP contribution in [0.2, 0.25) is 0 Å². The molecule has 1 fully saturated rings. The number of benzene rings is 1. The lowest BCUT2D eigenvalue weighted by atomic mass is 10.1. The van der Waals surface area contributed by atoms with E-state index in [0.29, 0.717) is 41.5 Å². The van der Waals surface area contributed by atoms with Crippen LogP contribution in [0.25, 0.3) is 0 Å². The van der Waals surface area contributed by atoms with E-state index in [0.717, 1.165) is 6.42 Å². The lowest BCUT2D eigenvalue weighted by Crippen LogP contribution is -2.30. The number of amides is 1. The van der Waals surface area contributed by atoms with Crippen molar-refractivity contribution in [3.63, 3.8) is 0 Å². The smallest absolute Gasteiger partial charge is 0.246 e. The van der Waals surface area contributed by atoms with E-state index in [1.165, 1.54) is 12.4 Å².